The molecule has 6 rings (SSSR count). The first-order chi connectivity index (χ1) is 16.5. The zero-order valence-electron chi connectivity index (χ0n) is 19.4. The number of benzene rings is 3. The second kappa shape index (κ2) is 8.26. The van der Waals surface area contributed by atoms with E-state index in [9.17, 15) is 8.42 Å². The van der Waals surface area contributed by atoms with Crippen molar-refractivity contribution in [3.63, 3.8) is 0 Å². The molecule has 1 saturated carbocycles. The standard InChI is InChI=1S/C27H30N2O4S/c1-19-9-11-20(12-10-19)34(30,31)28-25-18-23-24-8-4-5-13-27(24,29-14-16-32-17-15-29)33-26(23)22-7-3-2-6-21(22)25/h2-3,6-7,9-12,18,24,28H,4-5,8,13-17H2,1H3/t24-,27+/m0/s1. The van der Waals surface area contributed by atoms with Crippen LogP contribution in [-0.2, 0) is 14.8 Å². The van der Waals surface area contributed by atoms with Crippen LogP contribution in [-0.4, -0.2) is 45.3 Å². The summed E-state index contributed by atoms with van der Waals surface area (Å²) in [6.45, 7) is 5.10. The molecule has 1 N–H and O–H groups in total. The first-order valence-corrected chi connectivity index (χ1v) is 13.6. The Morgan fingerprint density at radius 2 is 1.74 bits per heavy atom. The molecule has 0 aromatic heterocycles. The van der Waals surface area contributed by atoms with Crippen molar-refractivity contribution in [2.24, 2.45) is 0 Å². The molecule has 178 valence electrons. The predicted octanol–water partition coefficient (Wildman–Crippen LogP) is 5.03. The first-order valence-electron chi connectivity index (χ1n) is 12.1. The van der Waals surface area contributed by atoms with Gasteiger partial charge in [0.05, 0.1) is 23.8 Å². The van der Waals surface area contributed by atoms with Gasteiger partial charge < -0.3 is 9.47 Å². The van der Waals surface area contributed by atoms with E-state index in [1.165, 1.54) is 0 Å². The van der Waals surface area contributed by atoms with Gasteiger partial charge in [-0.2, -0.15) is 0 Å². The Labute approximate surface area is 200 Å². The largest absolute Gasteiger partial charge is 0.471 e. The summed E-state index contributed by atoms with van der Waals surface area (Å²) in [7, 11) is -3.72. The van der Waals surface area contributed by atoms with Gasteiger partial charge in [-0.1, -0.05) is 48.4 Å². The molecule has 0 spiro atoms. The van der Waals surface area contributed by atoms with Gasteiger partial charge in [0.2, 0.25) is 0 Å². The summed E-state index contributed by atoms with van der Waals surface area (Å²) >= 11 is 0. The third-order valence-corrected chi connectivity index (χ3v) is 9.00. The number of hydrogen-bond donors (Lipinski definition) is 1. The van der Waals surface area contributed by atoms with Crippen LogP contribution in [0.3, 0.4) is 0 Å². The monoisotopic (exact) mass is 478 g/mol. The highest BCUT2D eigenvalue weighted by atomic mass is 32.2. The maximum absolute atomic E-state index is 13.3. The van der Waals surface area contributed by atoms with Gasteiger partial charge in [0.15, 0.2) is 5.72 Å². The van der Waals surface area contributed by atoms with Crippen LogP contribution in [0.25, 0.3) is 10.8 Å². The number of fused-ring (bicyclic) bond motifs is 5. The predicted molar refractivity (Wildman–Crippen MR) is 133 cm³/mol. The topological polar surface area (TPSA) is 67.9 Å². The van der Waals surface area contributed by atoms with E-state index in [-0.39, 0.29) is 16.5 Å². The minimum absolute atomic E-state index is 0.210. The van der Waals surface area contributed by atoms with Crippen molar-refractivity contribution >= 4 is 26.5 Å². The Hall–Kier alpha value is -2.61. The van der Waals surface area contributed by atoms with Gasteiger partial charge in [0.25, 0.3) is 10.0 Å². The lowest BCUT2D eigenvalue weighted by Crippen LogP contribution is -2.59. The summed E-state index contributed by atoms with van der Waals surface area (Å²) in [5, 5.41) is 1.82. The Bertz CT molecular complexity index is 1330. The third kappa shape index (κ3) is 3.49. The molecule has 2 aliphatic heterocycles. The van der Waals surface area contributed by atoms with Gasteiger partial charge in [-0.3, -0.25) is 9.62 Å². The average Bonchev–Trinajstić information content (AvgIpc) is 3.21. The molecule has 3 aliphatic rings. The van der Waals surface area contributed by atoms with E-state index in [1.54, 1.807) is 12.1 Å². The molecule has 3 aromatic rings. The minimum atomic E-state index is -3.72. The maximum Gasteiger partial charge on any atom is 0.261 e. The SMILES string of the molecule is Cc1ccc(S(=O)(=O)Nc2cc3c(c4ccccc24)O[C@]2(N4CCOCC4)CCCC[C@@H]32)cc1. The molecular weight excluding hydrogens is 448 g/mol. The Kier molecular flexibility index (Phi) is 5.32. The van der Waals surface area contributed by atoms with Gasteiger partial charge in [-0.15, -0.1) is 0 Å². The molecule has 0 amide bonds. The number of ether oxygens (including phenoxy) is 2. The number of morpholine rings is 1. The smallest absolute Gasteiger partial charge is 0.261 e. The zero-order valence-corrected chi connectivity index (χ0v) is 20.2. The Morgan fingerprint density at radius 3 is 2.50 bits per heavy atom. The summed E-state index contributed by atoms with van der Waals surface area (Å²) in [4.78, 5) is 2.73. The molecule has 3 aromatic carbocycles. The second-order valence-electron chi connectivity index (χ2n) is 9.65. The number of rotatable bonds is 4. The molecule has 1 aliphatic carbocycles. The fraction of sp³-hybridized carbons (Fsp3) is 0.407. The van der Waals surface area contributed by atoms with Gasteiger partial charge >= 0.3 is 0 Å². The van der Waals surface area contributed by atoms with Crippen molar-refractivity contribution in [3.8, 4) is 5.75 Å². The van der Waals surface area contributed by atoms with Crippen LogP contribution in [0.2, 0.25) is 0 Å². The van der Waals surface area contributed by atoms with Crippen LogP contribution >= 0.6 is 0 Å². The lowest BCUT2D eigenvalue weighted by Gasteiger charge is -2.47. The number of sulfonamides is 1. The van der Waals surface area contributed by atoms with E-state index in [0.717, 1.165) is 79.6 Å². The van der Waals surface area contributed by atoms with E-state index in [2.05, 4.69) is 9.62 Å². The molecule has 34 heavy (non-hydrogen) atoms. The van der Waals surface area contributed by atoms with Crippen molar-refractivity contribution in [3.05, 3.63) is 65.7 Å². The molecule has 0 radical (unpaired) electrons. The Balaban J connectivity index is 1.46. The van der Waals surface area contributed by atoms with Crippen LogP contribution in [0.4, 0.5) is 5.69 Å². The van der Waals surface area contributed by atoms with Crippen molar-refractivity contribution in [1.29, 1.82) is 0 Å². The van der Waals surface area contributed by atoms with Crippen LogP contribution in [0.15, 0.2) is 59.5 Å². The third-order valence-electron chi connectivity index (χ3n) is 7.62. The zero-order chi connectivity index (χ0) is 23.3. The van der Waals surface area contributed by atoms with E-state index in [1.807, 2.05) is 49.4 Å². The van der Waals surface area contributed by atoms with Crippen LogP contribution in [0.5, 0.6) is 5.75 Å². The lowest BCUT2D eigenvalue weighted by atomic mass is 9.77. The highest BCUT2D eigenvalue weighted by Crippen LogP contribution is 2.57. The van der Waals surface area contributed by atoms with E-state index in [0.29, 0.717) is 5.69 Å². The minimum Gasteiger partial charge on any atom is -0.471 e. The number of anilines is 1. The molecule has 1 saturated heterocycles. The molecule has 0 unspecified atom stereocenters. The Morgan fingerprint density at radius 1 is 1.00 bits per heavy atom. The van der Waals surface area contributed by atoms with E-state index >= 15 is 0 Å². The van der Waals surface area contributed by atoms with Crippen molar-refractivity contribution in [2.75, 3.05) is 31.0 Å². The first kappa shape index (κ1) is 21.9. The number of nitrogens with one attached hydrogen (secondary N) is 1. The fourth-order valence-electron chi connectivity index (χ4n) is 5.96. The van der Waals surface area contributed by atoms with Gasteiger partial charge in [0, 0.05) is 41.8 Å². The van der Waals surface area contributed by atoms with Gasteiger partial charge in [-0.05, 0) is 38.0 Å². The highest BCUT2D eigenvalue weighted by molar-refractivity contribution is 7.92. The molecule has 2 heterocycles. The lowest BCUT2D eigenvalue weighted by molar-refractivity contribution is -0.138. The van der Waals surface area contributed by atoms with Crippen molar-refractivity contribution in [2.45, 2.75) is 49.1 Å². The summed E-state index contributed by atoms with van der Waals surface area (Å²) in [6.07, 6.45) is 4.29. The normalized spacial score (nSPS) is 24.9. The number of aryl methyl sites for hydroxylation is 1. The van der Waals surface area contributed by atoms with Crippen LogP contribution in [0, 0.1) is 6.92 Å². The van der Waals surface area contributed by atoms with E-state index in [4.69, 9.17) is 9.47 Å². The number of nitrogens with zero attached hydrogens (tertiary/aromatic N) is 1. The van der Waals surface area contributed by atoms with Crippen LogP contribution < -0.4 is 9.46 Å². The maximum atomic E-state index is 13.3. The fourth-order valence-corrected chi connectivity index (χ4v) is 7.03. The summed E-state index contributed by atoms with van der Waals surface area (Å²) in [5.41, 5.74) is 2.38. The van der Waals surface area contributed by atoms with Crippen molar-refractivity contribution in [1.82, 2.24) is 4.90 Å². The molecule has 2 atom stereocenters. The molecule has 0 bridgehead atoms. The molecule has 2 fully saturated rings. The molecule has 6 nitrogen and oxygen atoms in total. The number of hydrogen-bond acceptors (Lipinski definition) is 5. The van der Waals surface area contributed by atoms with Crippen molar-refractivity contribution < 1.29 is 17.9 Å². The summed E-state index contributed by atoms with van der Waals surface area (Å²) in [6, 6.07) is 16.9. The molecular formula is C27H30N2O4S. The van der Waals surface area contributed by atoms with Gasteiger partial charge in [0.1, 0.15) is 5.75 Å². The second-order valence-corrected chi connectivity index (χ2v) is 11.3. The quantitative estimate of drug-likeness (QED) is 0.570. The molecule has 7 heteroatoms. The van der Waals surface area contributed by atoms with E-state index < -0.39 is 10.0 Å². The summed E-state index contributed by atoms with van der Waals surface area (Å²) < 4.78 is 42.0. The average molecular weight is 479 g/mol. The van der Waals surface area contributed by atoms with Gasteiger partial charge in [-0.25, -0.2) is 8.42 Å². The highest BCUT2D eigenvalue weighted by Gasteiger charge is 2.54. The summed E-state index contributed by atoms with van der Waals surface area (Å²) in [5.74, 6) is 1.12. The van der Waals surface area contributed by atoms with Crippen LogP contribution in [0.1, 0.15) is 42.7 Å².